The lowest BCUT2D eigenvalue weighted by Gasteiger charge is -1.85. The highest BCUT2D eigenvalue weighted by molar-refractivity contribution is 6.12. The molecule has 0 unspecified atom stereocenters. The van der Waals surface area contributed by atoms with Crippen LogP contribution in [-0.2, 0) is 0 Å². The van der Waals surface area contributed by atoms with Crippen LogP contribution in [0.4, 0.5) is 0 Å². The molecule has 1 N–H and O–H groups in total. The van der Waals surface area contributed by atoms with Crippen LogP contribution in [0.5, 0.6) is 0 Å². The summed E-state index contributed by atoms with van der Waals surface area (Å²) >= 11 is 5.11. The predicted octanol–water partition coefficient (Wildman–Crippen LogP) is 0.354. The van der Waals surface area contributed by atoms with Crippen LogP contribution in [0.1, 0.15) is 0 Å². The van der Waals surface area contributed by atoms with E-state index < -0.39 is 5.09 Å². The first kappa shape index (κ1) is 10.4. The molecule has 0 atom stereocenters. The SMILES string of the molecule is CN(C)Cl.O=[N+]([O-])O. The Morgan fingerprint density at radius 3 is 1.75 bits per heavy atom. The lowest BCUT2D eigenvalue weighted by atomic mass is 11.3. The molecule has 0 aliphatic heterocycles. The predicted molar refractivity (Wildman–Crippen MR) is 28.3 cm³/mol. The third-order valence-electron chi connectivity index (χ3n) is 0. The molecule has 0 aromatic rings. The summed E-state index contributed by atoms with van der Waals surface area (Å²) in [4.78, 5) is 8.36. The quantitative estimate of drug-likeness (QED) is 0.301. The average molecular weight is 143 g/mol. The van der Waals surface area contributed by atoms with E-state index in [1.807, 2.05) is 0 Å². The van der Waals surface area contributed by atoms with E-state index >= 15 is 0 Å². The van der Waals surface area contributed by atoms with Gasteiger partial charge >= 0.3 is 0 Å². The fourth-order valence-corrected chi connectivity index (χ4v) is 0. The summed E-state index contributed by atoms with van der Waals surface area (Å²) in [6, 6.07) is 0. The molecule has 0 amide bonds. The molecule has 0 aromatic heterocycles. The minimum atomic E-state index is -1.50. The van der Waals surface area contributed by atoms with Crippen LogP contribution in [0, 0.1) is 10.1 Å². The number of halogens is 1. The molecular formula is C2H7ClN2O3. The standard InChI is InChI=1S/C2H6ClN.HNO3/c1-4(2)3;2-1(3)4/h1-2H3;(H,2,3,4). The van der Waals surface area contributed by atoms with Crippen molar-refractivity contribution in [3.05, 3.63) is 10.1 Å². The van der Waals surface area contributed by atoms with Crippen molar-refractivity contribution in [1.29, 1.82) is 0 Å². The van der Waals surface area contributed by atoms with E-state index in [2.05, 4.69) is 0 Å². The Hall–Kier alpha value is -0.550. The topological polar surface area (TPSA) is 66.6 Å². The molecule has 8 heavy (non-hydrogen) atoms. The highest BCUT2D eigenvalue weighted by atomic mass is 35.5. The third-order valence-corrected chi connectivity index (χ3v) is 0. The van der Waals surface area contributed by atoms with Crippen LogP contribution in [0.2, 0.25) is 0 Å². The molecule has 0 saturated heterocycles. The van der Waals surface area contributed by atoms with Crippen LogP contribution in [-0.4, -0.2) is 28.8 Å². The van der Waals surface area contributed by atoms with Crippen molar-refractivity contribution < 1.29 is 10.3 Å². The first-order valence-electron chi connectivity index (χ1n) is 1.63. The molecule has 0 bridgehead atoms. The minimum Gasteiger partial charge on any atom is -0.328 e. The van der Waals surface area contributed by atoms with Crippen molar-refractivity contribution in [2.45, 2.75) is 0 Å². The van der Waals surface area contributed by atoms with Crippen molar-refractivity contribution in [2.24, 2.45) is 0 Å². The van der Waals surface area contributed by atoms with Crippen LogP contribution in [0.25, 0.3) is 0 Å². The normalized spacial score (nSPS) is 7.50. The van der Waals surface area contributed by atoms with E-state index in [-0.39, 0.29) is 0 Å². The molecule has 0 heterocycles. The maximum Gasteiger partial charge on any atom is 0.291 e. The number of hydrogen-bond donors (Lipinski definition) is 1. The summed E-state index contributed by atoms with van der Waals surface area (Å²) in [6.45, 7) is 0. The molecule has 6 heteroatoms. The van der Waals surface area contributed by atoms with E-state index in [1.165, 1.54) is 4.42 Å². The van der Waals surface area contributed by atoms with Crippen LogP contribution in [0.3, 0.4) is 0 Å². The van der Waals surface area contributed by atoms with Crippen molar-refractivity contribution in [3.8, 4) is 0 Å². The van der Waals surface area contributed by atoms with Crippen molar-refractivity contribution in [3.63, 3.8) is 0 Å². The van der Waals surface area contributed by atoms with E-state index in [0.29, 0.717) is 0 Å². The van der Waals surface area contributed by atoms with Gasteiger partial charge < -0.3 is 5.21 Å². The van der Waals surface area contributed by atoms with Gasteiger partial charge in [-0.2, -0.15) is 0 Å². The maximum atomic E-state index is 8.36. The summed E-state index contributed by atoms with van der Waals surface area (Å²) < 4.78 is 1.47. The molecule has 0 spiro atoms. The van der Waals surface area contributed by atoms with Crippen LogP contribution < -0.4 is 0 Å². The van der Waals surface area contributed by atoms with Gasteiger partial charge in [0.1, 0.15) is 0 Å². The lowest BCUT2D eigenvalue weighted by Crippen LogP contribution is -1.89. The zero-order chi connectivity index (χ0) is 7.15. The Balaban J connectivity index is 0. The van der Waals surface area contributed by atoms with Crippen LogP contribution >= 0.6 is 11.8 Å². The summed E-state index contributed by atoms with van der Waals surface area (Å²) in [5.74, 6) is 0. The second-order valence-corrected chi connectivity index (χ2v) is 1.70. The fraction of sp³-hybridized carbons (Fsp3) is 1.00. The molecule has 0 aliphatic rings. The van der Waals surface area contributed by atoms with Gasteiger partial charge in [-0.15, -0.1) is 10.1 Å². The average Bonchev–Trinajstić information content (AvgIpc) is 1.25. The first-order chi connectivity index (χ1) is 3.46. The van der Waals surface area contributed by atoms with Gasteiger partial charge in [-0.1, -0.05) is 0 Å². The summed E-state index contributed by atoms with van der Waals surface area (Å²) in [7, 11) is 3.53. The molecule has 0 saturated carbocycles. The van der Waals surface area contributed by atoms with E-state index in [9.17, 15) is 0 Å². The monoisotopic (exact) mass is 142 g/mol. The van der Waals surface area contributed by atoms with Gasteiger partial charge in [0.05, 0.1) is 0 Å². The van der Waals surface area contributed by atoms with E-state index in [4.69, 9.17) is 27.1 Å². The Morgan fingerprint density at radius 2 is 1.75 bits per heavy atom. The largest absolute Gasteiger partial charge is 0.328 e. The van der Waals surface area contributed by atoms with Gasteiger partial charge in [-0.05, 0) is 11.8 Å². The third kappa shape index (κ3) is 357. The highest BCUT2D eigenvalue weighted by Crippen LogP contribution is 1.71. The second kappa shape index (κ2) is 6.45. The Labute approximate surface area is 51.7 Å². The summed E-state index contributed by atoms with van der Waals surface area (Å²) in [6.07, 6.45) is 0. The summed E-state index contributed by atoms with van der Waals surface area (Å²) in [5.41, 5.74) is 0. The fourth-order valence-electron chi connectivity index (χ4n) is 0. The zero-order valence-electron chi connectivity index (χ0n) is 4.54. The van der Waals surface area contributed by atoms with E-state index in [1.54, 1.807) is 14.1 Å². The summed E-state index contributed by atoms with van der Waals surface area (Å²) in [5, 5.41) is 13.6. The Bertz CT molecular complexity index is 59.5. The maximum absolute atomic E-state index is 8.36. The molecule has 5 nitrogen and oxygen atoms in total. The smallest absolute Gasteiger partial charge is 0.291 e. The lowest BCUT2D eigenvalue weighted by molar-refractivity contribution is -0.742. The molecule has 0 aromatic carbocycles. The number of hydrogen-bond acceptors (Lipinski definition) is 3. The van der Waals surface area contributed by atoms with Crippen molar-refractivity contribution in [1.82, 2.24) is 4.42 Å². The van der Waals surface area contributed by atoms with Gasteiger partial charge in [0.2, 0.25) is 0 Å². The zero-order valence-corrected chi connectivity index (χ0v) is 5.29. The minimum absolute atomic E-state index is 1.47. The molecule has 0 radical (unpaired) electrons. The molecular weight excluding hydrogens is 135 g/mol. The number of nitrogens with zero attached hydrogens (tertiary/aromatic N) is 2. The Morgan fingerprint density at radius 1 is 1.75 bits per heavy atom. The van der Waals surface area contributed by atoms with Gasteiger partial charge in [-0.3, -0.25) is 0 Å². The van der Waals surface area contributed by atoms with Gasteiger partial charge in [0, 0.05) is 14.1 Å². The molecule has 50 valence electrons. The van der Waals surface area contributed by atoms with Gasteiger partial charge in [0.25, 0.3) is 5.09 Å². The highest BCUT2D eigenvalue weighted by Gasteiger charge is 1.65. The van der Waals surface area contributed by atoms with Crippen LogP contribution in [0.15, 0.2) is 0 Å². The van der Waals surface area contributed by atoms with Crippen molar-refractivity contribution >= 4 is 11.8 Å². The van der Waals surface area contributed by atoms with Gasteiger partial charge in [0.15, 0.2) is 0 Å². The van der Waals surface area contributed by atoms with Gasteiger partial charge in [-0.25, -0.2) is 4.42 Å². The molecule has 0 fully saturated rings. The molecule has 0 rings (SSSR count). The molecule has 0 aliphatic carbocycles. The van der Waals surface area contributed by atoms with E-state index in [0.717, 1.165) is 0 Å². The van der Waals surface area contributed by atoms with Crippen molar-refractivity contribution in [2.75, 3.05) is 14.1 Å². The second-order valence-electron chi connectivity index (χ2n) is 1.02. The number of rotatable bonds is 0. The Kier molecular flexibility index (Phi) is 8.41. The first-order valence-corrected chi connectivity index (χ1v) is 1.97.